The fourth-order valence-electron chi connectivity index (χ4n) is 2.22. The summed E-state index contributed by atoms with van der Waals surface area (Å²) in [6.07, 6.45) is -0.220. The van der Waals surface area contributed by atoms with E-state index >= 15 is 0 Å². The molecular formula is C17H11ClFNO5. The molecule has 128 valence electrons. The third-order valence-electron chi connectivity index (χ3n) is 3.42. The first-order valence-electron chi connectivity index (χ1n) is 7.24. The summed E-state index contributed by atoms with van der Waals surface area (Å²) < 4.78 is 18.3. The summed E-state index contributed by atoms with van der Waals surface area (Å²) in [5.41, 5.74) is 0.356. The van der Waals surface area contributed by atoms with Crippen molar-refractivity contribution in [3.8, 4) is 5.75 Å². The topological polar surface area (TPSA) is 72.9 Å². The molecule has 0 fully saturated rings. The summed E-state index contributed by atoms with van der Waals surface area (Å²) in [5.74, 6) is -2.51. The second-order valence-electron chi connectivity index (χ2n) is 5.09. The van der Waals surface area contributed by atoms with Crippen molar-refractivity contribution in [2.24, 2.45) is 0 Å². The van der Waals surface area contributed by atoms with Crippen LogP contribution in [0.3, 0.4) is 0 Å². The van der Waals surface area contributed by atoms with Crippen LogP contribution in [0.4, 0.5) is 4.39 Å². The number of benzene rings is 2. The number of carbonyl (C=O) groups excluding carboxylic acids is 3. The molecule has 1 aliphatic rings. The van der Waals surface area contributed by atoms with Gasteiger partial charge in [0.05, 0.1) is 29.2 Å². The van der Waals surface area contributed by atoms with E-state index in [-0.39, 0.29) is 34.9 Å². The molecule has 0 radical (unpaired) electrons. The van der Waals surface area contributed by atoms with Crippen LogP contribution in [0.1, 0.15) is 27.1 Å². The molecule has 1 heterocycles. The van der Waals surface area contributed by atoms with Crippen LogP contribution in [0.2, 0.25) is 5.02 Å². The van der Waals surface area contributed by atoms with E-state index in [1.165, 1.54) is 24.3 Å². The van der Waals surface area contributed by atoms with Crippen molar-refractivity contribution in [2.45, 2.75) is 6.42 Å². The lowest BCUT2D eigenvalue weighted by molar-refractivity contribution is -0.169. The number of ether oxygens (including phenoxy) is 1. The van der Waals surface area contributed by atoms with Crippen LogP contribution in [0.25, 0.3) is 0 Å². The third kappa shape index (κ3) is 3.46. The van der Waals surface area contributed by atoms with Gasteiger partial charge in [-0.05, 0) is 24.3 Å². The molecule has 2 aromatic carbocycles. The number of rotatable bonds is 5. The number of imide groups is 1. The summed E-state index contributed by atoms with van der Waals surface area (Å²) in [7, 11) is 0. The molecule has 0 aromatic heterocycles. The molecule has 25 heavy (non-hydrogen) atoms. The minimum Gasteiger partial charge on any atom is -0.493 e. The predicted octanol–water partition coefficient (Wildman–Crippen LogP) is 3.00. The van der Waals surface area contributed by atoms with E-state index in [4.69, 9.17) is 21.2 Å². The minimum absolute atomic E-state index is 0.0933. The third-order valence-corrected chi connectivity index (χ3v) is 3.71. The van der Waals surface area contributed by atoms with Gasteiger partial charge in [0.2, 0.25) is 0 Å². The Labute approximate surface area is 146 Å². The standard InChI is InChI=1S/C17H11ClFNO5/c18-13-9-10(5-6-14(13)19)24-8-7-15(21)25-20-16(22)11-3-1-2-4-12(11)17(20)23/h1-6,9H,7-8H2. The number of hydroxylamine groups is 2. The monoisotopic (exact) mass is 363 g/mol. The maximum atomic E-state index is 13.0. The van der Waals surface area contributed by atoms with Gasteiger partial charge < -0.3 is 9.57 Å². The number of nitrogens with zero attached hydrogens (tertiary/aromatic N) is 1. The molecule has 0 atom stereocenters. The quantitative estimate of drug-likeness (QED) is 0.763. The van der Waals surface area contributed by atoms with Gasteiger partial charge in [0.1, 0.15) is 11.6 Å². The molecule has 1 aliphatic heterocycles. The van der Waals surface area contributed by atoms with Gasteiger partial charge in [-0.2, -0.15) is 0 Å². The molecule has 0 N–H and O–H groups in total. The summed E-state index contributed by atoms with van der Waals surface area (Å²) in [6.45, 7) is -0.0933. The van der Waals surface area contributed by atoms with E-state index in [9.17, 15) is 18.8 Å². The molecule has 0 saturated heterocycles. The van der Waals surface area contributed by atoms with Crippen molar-refractivity contribution in [1.29, 1.82) is 0 Å². The SMILES string of the molecule is O=C(CCOc1ccc(F)c(Cl)c1)ON1C(=O)c2ccccc2C1=O. The van der Waals surface area contributed by atoms with Crippen LogP contribution in [-0.2, 0) is 9.63 Å². The lowest BCUT2D eigenvalue weighted by atomic mass is 10.1. The summed E-state index contributed by atoms with van der Waals surface area (Å²) >= 11 is 5.62. The largest absolute Gasteiger partial charge is 0.493 e. The van der Waals surface area contributed by atoms with Crippen LogP contribution >= 0.6 is 11.6 Å². The highest BCUT2D eigenvalue weighted by atomic mass is 35.5. The first-order valence-corrected chi connectivity index (χ1v) is 7.61. The maximum Gasteiger partial charge on any atom is 0.336 e. The van der Waals surface area contributed by atoms with Crippen LogP contribution in [0, 0.1) is 5.82 Å². The molecule has 3 rings (SSSR count). The van der Waals surface area contributed by atoms with E-state index in [0.29, 0.717) is 5.06 Å². The Morgan fingerprint density at radius 1 is 1.08 bits per heavy atom. The second-order valence-corrected chi connectivity index (χ2v) is 5.50. The van der Waals surface area contributed by atoms with E-state index in [0.717, 1.165) is 6.07 Å². The Hall–Kier alpha value is -2.93. The normalized spacial score (nSPS) is 13.0. The first-order chi connectivity index (χ1) is 12.0. The van der Waals surface area contributed by atoms with E-state index in [1.54, 1.807) is 12.1 Å². The fraction of sp³-hybridized carbons (Fsp3) is 0.118. The van der Waals surface area contributed by atoms with E-state index in [1.807, 2.05) is 0 Å². The smallest absolute Gasteiger partial charge is 0.336 e. The molecule has 0 bridgehead atoms. The molecule has 8 heteroatoms. The molecule has 0 aliphatic carbocycles. The van der Waals surface area contributed by atoms with Gasteiger partial charge in [-0.25, -0.2) is 9.18 Å². The first kappa shape index (κ1) is 16.9. The number of hydrogen-bond donors (Lipinski definition) is 0. The fourth-order valence-corrected chi connectivity index (χ4v) is 2.39. The Morgan fingerprint density at radius 2 is 1.72 bits per heavy atom. The van der Waals surface area contributed by atoms with Gasteiger partial charge in [0, 0.05) is 6.07 Å². The van der Waals surface area contributed by atoms with Gasteiger partial charge in [-0.15, -0.1) is 0 Å². The number of carbonyl (C=O) groups is 3. The number of amides is 2. The zero-order chi connectivity index (χ0) is 18.0. The van der Waals surface area contributed by atoms with Crippen LogP contribution in [0.5, 0.6) is 5.75 Å². The van der Waals surface area contributed by atoms with Crippen molar-refractivity contribution in [1.82, 2.24) is 5.06 Å². The Kier molecular flexibility index (Phi) is 4.67. The highest BCUT2D eigenvalue weighted by Crippen LogP contribution is 2.23. The van der Waals surface area contributed by atoms with Crippen molar-refractivity contribution in [3.05, 3.63) is 64.4 Å². The van der Waals surface area contributed by atoms with Crippen molar-refractivity contribution in [3.63, 3.8) is 0 Å². The molecule has 0 unspecified atom stereocenters. The van der Waals surface area contributed by atoms with E-state index < -0.39 is 23.6 Å². The predicted molar refractivity (Wildman–Crippen MR) is 84.6 cm³/mol. The number of fused-ring (bicyclic) bond motifs is 1. The van der Waals surface area contributed by atoms with Crippen molar-refractivity contribution in [2.75, 3.05) is 6.61 Å². The number of halogens is 2. The summed E-state index contributed by atoms with van der Waals surface area (Å²) in [6, 6.07) is 9.93. The lowest BCUT2D eigenvalue weighted by Gasteiger charge is -2.13. The van der Waals surface area contributed by atoms with Gasteiger partial charge in [0.15, 0.2) is 0 Å². The Balaban J connectivity index is 1.54. The molecular weight excluding hydrogens is 353 g/mol. The number of hydrogen-bond acceptors (Lipinski definition) is 5. The van der Waals surface area contributed by atoms with E-state index in [2.05, 4.69) is 0 Å². The Morgan fingerprint density at radius 3 is 2.32 bits per heavy atom. The summed E-state index contributed by atoms with van der Waals surface area (Å²) in [4.78, 5) is 40.8. The molecule has 2 amide bonds. The van der Waals surface area contributed by atoms with Gasteiger partial charge >= 0.3 is 5.97 Å². The zero-order valence-electron chi connectivity index (χ0n) is 12.7. The van der Waals surface area contributed by atoms with Crippen LogP contribution in [0.15, 0.2) is 42.5 Å². The lowest BCUT2D eigenvalue weighted by Crippen LogP contribution is -2.33. The average molecular weight is 364 g/mol. The minimum atomic E-state index is -0.817. The average Bonchev–Trinajstić information content (AvgIpc) is 2.83. The molecule has 0 saturated carbocycles. The van der Waals surface area contributed by atoms with Crippen molar-refractivity contribution >= 4 is 29.4 Å². The van der Waals surface area contributed by atoms with Crippen molar-refractivity contribution < 1.29 is 28.3 Å². The van der Waals surface area contributed by atoms with Crippen LogP contribution < -0.4 is 4.74 Å². The molecule has 0 spiro atoms. The van der Waals surface area contributed by atoms with Gasteiger partial charge in [0.25, 0.3) is 11.8 Å². The second kappa shape index (κ2) is 6.90. The molecule has 2 aromatic rings. The molecule has 6 nitrogen and oxygen atoms in total. The highest BCUT2D eigenvalue weighted by Gasteiger charge is 2.38. The van der Waals surface area contributed by atoms with Gasteiger partial charge in [-0.3, -0.25) is 9.59 Å². The van der Waals surface area contributed by atoms with Gasteiger partial charge in [-0.1, -0.05) is 28.8 Å². The highest BCUT2D eigenvalue weighted by molar-refractivity contribution is 6.30. The zero-order valence-corrected chi connectivity index (χ0v) is 13.5. The Bertz CT molecular complexity index is 835. The van der Waals surface area contributed by atoms with Crippen LogP contribution in [-0.4, -0.2) is 29.5 Å². The maximum absolute atomic E-state index is 13.0. The summed E-state index contributed by atoms with van der Waals surface area (Å²) in [5, 5.41) is 0.327.